The number of aryl methyl sites for hydroxylation is 2. The van der Waals surface area contributed by atoms with Crippen molar-refractivity contribution >= 4 is 5.91 Å². The molecule has 9 heteroatoms. The molecule has 3 N–H and O–H groups in total. The first-order valence-corrected chi connectivity index (χ1v) is 7.42. The monoisotopic (exact) mass is 358 g/mol. The molecular formula is C16H18F4N4O. The molecule has 1 amide bonds. The van der Waals surface area contributed by atoms with Crippen LogP contribution in [0.25, 0.3) is 0 Å². The Morgan fingerprint density at radius 2 is 2.00 bits per heavy atom. The zero-order chi connectivity index (χ0) is 18.9. The van der Waals surface area contributed by atoms with Crippen LogP contribution in [0.15, 0.2) is 12.3 Å². The first kappa shape index (κ1) is 18.9. The Hall–Kier alpha value is -2.42. The minimum Gasteiger partial charge on any atom is -0.348 e. The van der Waals surface area contributed by atoms with E-state index in [-0.39, 0.29) is 13.1 Å². The van der Waals surface area contributed by atoms with Crippen molar-refractivity contribution in [3.05, 3.63) is 51.6 Å². The fourth-order valence-corrected chi connectivity index (χ4v) is 2.63. The number of hydrogen-bond acceptors (Lipinski definition) is 3. The summed E-state index contributed by atoms with van der Waals surface area (Å²) in [6.07, 6.45) is -3.75. The number of hydrogen-bond donors (Lipinski definition) is 2. The van der Waals surface area contributed by atoms with Gasteiger partial charge in [0.25, 0.3) is 5.91 Å². The molecule has 5 nitrogen and oxygen atoms in total. The molecule has 1 aromatic heterocycles. The molecule has 2 rings (SSSR count). The summed E-state index contributed by atoms with van der Waals surface area (Å²) in [6, 6.07) is 1.56. The van der Waals surface area contributed by atoms with E-state index in [1.165, 1.54) is 14.0 Å². The van der Waals surface area contributed by atoms with E-state index in [4.69, 9.17) is 5.73 Å². The van der Waals surface area contributed by atoms with E-state index < -0.39 is 29.2 Å². The summed E-state index contributed by atoms with van der Waals surface area (Å²) in [5.74, 6) is -1.41. The lowest BCUT2D eigenvalue weighted by Crippen LogP contribution is -2.26. The molecular weight excluding hydrogens is 340 g/mol. The minimum atomic E-state index is -4.74. The lowest BCUT2D eigenvalue weighted by molar-refractivity contribution is -0.141. The zero-order valence-corrected chi connectivity index (χ0v) is 14.0. The van der Waals surface area contributed by atoms with Gasteiger partial charge in [-0.05, 0) is 30.5 Å². The Bertz CT molecular complexity index is 811. The van der Waals surface area contributed by atoms with Crippen molar-refractivity contribution < 1.29 is 22.4 Å². The Morgan fingerprint density at radius 3 is 2.56 bits per heavy atom. The molecule has 0 saturated heterocycles. The average Bonchev–Trinajstić information content (AvgIpc) is 2.92. The van der Waals surface area contributed by atoms with Gasteiger partial charge in [-0.2, -0.15) is 18.3 Å². The third-order valence-electron chi connectivity index (χ3n) is 3.92. The van der Waals surface area contributed by atoms with E-state index in [0.29, 0.717) is 22.3 Å². The van der Waals surface area contributed by atoms with Gasteiger partial charge in [0.1, 0.15) is 5.82 Å². The molecule has 2 aromatic rings. The molecule has 0 atom stereocenters. The van der Waals surface area contributed by atoms with E-state index >= 15 is 0 Å². The molecule has 1 heterocycles. The number of nitrogens with zero attached hydrogens (tertiary/aromatic N) is 2. The second-order valence-electron chi connectivity index (χ2n) is 5.72. The Kier molecular flexibility index (Phi) is 5.17. The van der Waals surface area contributed by atoms with Crippen LogP contribution in [-0.2, 0) is 26.3 Å². The lowest BCUT2D eigenvalue weighted by atomic mass is 9.98. The number of alkyl halides is 3. The Morgan fingerprint density at radius 1 is 1.36 bits per heavy atom. The van der Waals surface area contributed by atoms with Gasteiger partial charge in [0.15, 0.2) is 5.69 Å². The number of aromatic nitrogens is 2. The highest BCUT2D eigenvalue weighted by Crippen LogP contribution is 2.30. The minimum absolute atomic E-state index is 0.0325. The molecule has 0 aliphatic rings. The van der Waals surface area contributed by atoms with E-state index in [2.05, 4.69) is 10.4 Å². The van der Waals surface area contributed by atoms with Gasteiger partial charge < -0.3 is 11.1 Å². The van der Waals surface area contributed by atoms with Gasteiger partial charge in [0.05, 0.1) is 5.56 Å². The number of nitrogens with one attached hydrogen (secondary N) is 1. The second kappa shape index (κ2) is 6.83. The Balaban J connectivity index is 2.26. The van der Waals surface area contributed by atoms with Crippen molar-refractivity contribution in [1.82, 2.24) is 15.1 Å². The van der Waals surface area contributed by atoms with Crippen molar-refractivity contribution in [2.24, 2.45) is 12.8 Å². The molecule has 25 heavy (non-hydrogen) atoms. The van der Waals surface area contributed by atoms with Crippen molar-refractivity contribution in [3.63, 3.8) is 0 Å². The molecule has 0 unspecified atom stereocenters. The van der Waals surface area contributed by atoms with Gasteiger partial charge >= 0.3 is 6.18 Å². The summed E-state index contributed by atoms with van der Waals surface area (Å²) in [7, 11) is 1.29. The van der Waals surface area contributed by atoms with Gasteiger partial charge in [0.2, 0.25) is 0 Å². The average molecular weight is 358 g/mol. The van der Waals surface area contributed by atoms with Gasteiger partial charge in [-0.25, -0.2) is 4.39 Å². The van der Waals surface area contributed by atoms with Gasteiger partial charge in [-0.3, -0.25) is 9.48 Å². The lowest BCUT2D eigenvalue weighted by Gasteiger charge is -2.15. The fourth-order valence-electron chi connectivity index (χ4n) is 2.63. The summed E-state index contributed by atoms with van der Waals surface area (Å²) >= 11 is 0. The first-order chi connectivity index (χ1) is 11.6. The van der Waals surface area contributed by atoms with Crippen LogP contribution in [-0.4, -0.2) is 15.7 Å². The van der Waals surface area contributed by atoms with Crippen LogP contribution in [0.4, 0.5) is 17.6 Å². The van der Waals surface area contributed by atoms with Gasteiger partial charge in [-0.15, -0.1) is 0 Å². The third kappa shape index (κ3) is 3.81. The van der Waals surface area contributed by atoms with E-state index in [1.54, 1.807) is 13.0 Å². The summed E-state index contributed by atoms with van der Waals surface area (Å²) in [5.41, 5.74) is 5.48. The molecule has 1 aromatic carbocycles. The van der Waals surface area contributed by atoms with Crippen LogP contribution in [0, 0.1) is 19.7 Å². The van der Waals surface area contributed by atoms with Crippen LogP contribution in [0.3, 0.4) is 0 Å². The highest BCUT2D eigenvalue weighted by Gasteiger charge is 2.38. The van der Waals surface area contributed by atoms with Gasteiger partial charge in [-0.1, -0.05) is 6.07 Å². The number of carbonyl (C=O) groups excluding carboxylic acids is 1. The van der Waals surface area contributed by atoms with Crippen molar-refractivity contribution in [2.75, 3.05) is 0 Å². The molecule has 0 spiro atoms. The maximum Gasteiger partial charge on any atom is 0.435 e. The topological polar surface area (TPSA) is 72.9 Å². The smallest absolute Gasteiger partial charge is 0.348 e. The van der Waals surface area contributed by atoms with Crippen LogP contribution < -0.4 is 11.1 Å². The van der Waals surface area contributed by atoms with Crippen LogP contribution in [0.5, 0.6) is 0 Å². The molecule has 0 aliphatic carbocycles. The first-order valence-electron chi connectivity index (χ1n) is 7.42. The number of benzene rings is 1. The highest BCUT2D eigenvalue weighted by molar-refractivity contribution is 5.95. The summed E-state index contributed by atoms with van der Waals surface area (Å²) in [5, 5.41) is 5.68. The molecule has 0 bridgehead atoms. The summed E-state index contributed by atoms with van der Waals surface area (Å²) in [4.78, 5) is 12.2. The SMILES string of the molecule is Cc1cc(CN)c(F)c(C)c1CNC(=O)c1cn(C)nc1C(F)(F)F. The van der Waals surface area contributed by atoms with E-state index in [9.17, 15) is 22.4 Å². The predicted octanol–water partition coefficient (Wildman–Crippen LogP) is 2.58. The molecule has 0 radical (unpaired) electrons. The predicted molar refractivity (Wildman–Crippen MR) is 83.1 cm³/mol. The number of halogens is 4. The number of carbonyl (C=O) groups is 1. The molecule has 0 fully saturated rings. The normalized spacial score (nSPS) is 11.7. The summed E-state index contributed by atoms with van der Waals surface area (Å²) in [6.45, 7) is 3.18. The zero-order valence-electron chi connectivity index (χ0n) is 14.0. The number of rotatable bonds is 4. The van der Waals surface area contributed by atoms with Crippen molar-refractivity contribution in [1.29, 1.82) is 0 Å². The molecule has 0 aliphatic heterocycles. The highest BCUT2D eigenvalue weighted by atomic mass is 19.4. The van der Waals surface area contributed by atoms with E-state index in [0.717, 1.165) is 10.9 Å². The molecule has 0 saturated carbocycles. The maximum absolute atomic E-state index is 14.2. The van der Waals surface area contributed by atoms with Crippen LogP contribution in [0.2, 0.25) is 0 Å². The number of amides is 1. The fraction of sp³-hybridized carbons (Fsp3) is 0.375. The second-order valence-corrected chi connectivity index (χ2v) is 5.72. The Labute approximate surface area is 141 Å². The van der Waals surface area contributed by atoms with Gasteiger partial charge in [0, 0.05) is 31.9 Å². The van der Waals surface area contributed by atoms with E-state index in [1.807, 2.05) is 0 Å². The quantitative estimate of drug-likeness (QED) is 0.825. The maximum atomic E-state index is 14.2. The molecule has 136 valence electrons. The van der Waals surface area contributed by atoms with Crippen LogP contribution >= 0.6 is 0 Å². The third-order valence-corrected chi connectivity index (χ3v) is 3.92. The largest absolute Gasteiger partial charge is 0.435 e. The van der Waals surface area contributed by atoms with Crippen molar-refractivity contribution in [3.8, 4) is 0 Å². The number of nitrogens with two attached hydrogens (primary N) is 1. The van der Waals surface area contributed by atoms with Crippen molar-refractivity contribution in [2.45, 2.75) is 33.1 Å². The standard InChI is InChI=1S/C16H18F4N4O/c1-8-4-10(5-21)13(17)9(2)11(8)6-22-15(25)12-7-24(3)23-14(12)16(18,19)20/h4,7H,5-6,21H2,1-3H3,(H,22,25). The summed E-state index contributed by atoms with van der Waals surface area (Å²) < 4.78 is 53.9. The van der Waals surface area contributed by atoms with Crippen LogP contribution in [0.1, 0.15) is 38.3 Å².